The van der Waals surface area contributed by atoms with Gasteiger partial charge in [0.1, 0.15) is 0 Å². The molecule has 28 heavy (non-hydrogen) atoms. The van der Waals surface area contributed by atoms with E-state index in [2.05, 4.69) is 29.4 Å². The fourth-order valence-corrected chi connectivity index (χ4v) is 4.60. The van der Waals surface area contributed by atoms with Crippen molar-refractivity contribution in [2.45, 2.75) is 58.5 Å². The molecule has 2 aromatic rings. The van der Waals surface area contributed by atoms with E-state index >= 15 is 0 Å². The molecule has 0 amide bonds. The number of nitrogens with zero attached hydrogens (tertiary/aromatic N) is 3. The highest BCUT2D eigenvalue weighted by Gasteiger charge is 2.43. The maximum absolute atomic E-state index is 13.2. The van der Waals surface area contributed by atoms with Crippen molar-refractivity contribution in [3.8, 4) is 11.8 Å². The number of hydrogen-bond donors (Lipinski definition) is 1. The first kappa shape index (κ1) is 20.3. The molecule has 0 radical (unpaired) electrons. The number of likely N-dealkylation sites (tertiary alicyclic amines) is 1. The molecule has 1 aliphatic rings. The van der Waals surface area contributed by atoms with Crippen LogP contribution >= 0.6 is 0 Å². The van der Waals surface area contributed by atoms with Crippen LogP contribution in [0, 0.1) is 25.2 Å². The zero-order valence-corrected chi connectivity index (χ0v) is 17.2. The number of aryl methyl sites for hydroxylation is 1. The van der Waals surface area contributed by atoms with E-state index in [1.54, 1.807) is 12.1 Å². The van der Waals surface area contributed by atoms with Crippen molar-refractivity contribution in [3.05, 3.63) is 52.8 Å². The molecule has 0 saturated carbocycles. The molecule has 5 nitrogen and oxygen atoms in total. The zero-order valence-electron chi connectivity index (χ0n) is 17.2. The first-order valence-corrected chi connectivity index (χ1v) is 9.97. The van der Waals surface area contributed by atoms with Gasteiger partial charge in [0.05, 0.1) is 24.8 Å². The molecule has 148 valence electrons. The van der Waals surface area contributed by atoms with Crippen LogP contribution < -0.4 is 0 Å². The summed E-state index contributed by atoms with van der Waals surface area (Å²) in [6.45, 7) is 8.59. The van der Waals surface area contributed by atoms with Gasteiger partial charge in [0.15, 0.2) is 5.78 Å². The molecule has 0 bridgehead atoms. The van der Waals surface area contributed by atoms with Crippen molar-refractivity contribution >= 4 is 5.78 Å². The van der Waals surface area contributed by atoms with Crippen LogP contribution in [0.2, 0.25) is 0 Å². The summed E-state index contributed by atoms with van der Waals surface area (Å²) in [5, 5.41) is 19.0. The summed E-state index contributed by atoms with van der Waals surface area (Å²) in [7, 11) is 0. The maximum Gasteiger partial charge on any atom is 0.178 e. The number of aromatic nitrogens is 1. The normalized spacial score (nSPS) is 22.4. The number of carbonyl (C=O) groups excluding carboxylic acids is 1. The van der Waals surface area contributed by atoms with Crippen LogP contribution in [0.3, 0.4) is 0 Å². The average Bonchev–Trinajstić information content (AvgIpc) is 3.18. The Balaban J connectivity index is 1.90. The van der Waals surface area contributed by atoms with E-state index in [4.69, 9.17) is 5.26 Å². The van der Waals surface area contributed by atoms with Gasteiger partial charge >= 0.3 is 0 Å². The second-order valence-corrected chi connectivity index (χ2v) is 7.95. The van der Waals surface area contributed by atoms with Gasteiger partial charge in [-0.1, -0.05) is 6.92 Å². The van der Waals surface area contributed by atoms with E-state index in [-0.39, 0.29) is 24.0 Å². The summed E-state index contributed by atoms with van der Waals surface area (Å²) < 4.78 is 2.06. The van der Waals surface area contributed by atoms with Crippen LogP contribution in [0.5, 0.6) is 0 Å². The van der Waals surface area contributed by atoms with Crippen LogP contribution in [0.1, 0.15) is 60.4 Å². The standard InChI is InChI=1S/C23H29N3O2/c1-5-23(15-27)11-10-16(2)25(23)14-22(28)21-12-17(3)26(18(21)4)20-8-6-19(13-24)7-9-20/h6-9,12,16,27H,5,10-11,14-15H2,1-4H3. The summed E-state index contributed by atoms with van der Waals surface area (Å²) in [4.78, 5) is 15.4. The Bertz CT molecular complexity index is 901. The minimum absolute atomic E-state index is 0.0887. The molecule has 1 aliphatic heterocycles. The van der Waals surface area contributed by atoms with Gasteiger partial charge in [-0.25, -0.2) is 0 Å². The molecule has 3 rings (SSSR count). The SMILES string of the molecule is CCC1(CO)CCC(C)N1CC(=O)c1cc(C)n(-c2ccc(C#N)cc2)c1C. The molecule has 5 heteroatoms. The number of benzene rings is 1. The van der Waals surface area contributed by atoms with Gasteiger partial charge in [0.25, 0.3) is 0 Å². The molecule has 1 saturated heterocycles. The number of aliphatic hydroxyl groups excluding tert-OH is 1. The van der Waals surface area contributed by atoms with Crippen LogP contribution in [-0.4, -0.2) is 45.1 Å². The molecule has 1 fully saturated rings. The van der Waals surface area contributed by atoms with E-state index in [9.17, 15) is 9.90 Å². The first-order valence-electron chi connectivity index (χ1n) is 9.97. The lowest BCUT2D eigenvalue weighted by atomic mass is 9.93. The van der Waals surface area contributed by atoms with Crippen molar-refractivity contribution in [1.29, 1.82) is 5.26 Å². The third-order valence-electron chi connectivity index (χ3n) is 6.42. The molecule has 2 heterocycles. The monoisotopic (exact) mass is 379 g/mol. The quantitative estimate of drug-likeness (QED) is 0.776. The van der Waals surface area contributed by atoms with Crippen LogP contribution in [0.25, 0.3) is 5.69 Å². The first-order chi connectivity index (χ1) is 13.4. The van der Waals surface area contributed by atoms with Crippen molar-refractivity contribution in [1.82, 2.24) is 9.47 Å². The Morgan fingerprint density at radius 2 is 2.00 bits per heavy atom. The maximum atomic E-state index is 13.2. The Kier molecular flexibility index (Phi) is 5.74. The molecule has 1 N–H and O–H groups in total. The van der Waals surface area contributed by atoms with Crippen molar-refractivity contribution in [3.63, 3.8) is 0 Å². The highest BCUT2D eigenvalue weighted by atomic mass is 16.3. The van der Waals surface area contributed by atoms with Crippen LogP contribution in [0.4, 0.5) is 0 Å². The summed E-state index contributed by atoms with van der Waals surface area (Å²) in [6, 6.07) is 11.8. The molecular formula is C23H29N3O2. The predicted molar refractivity (Wildman–Crippen MR) is 110 cm³/mol. The highest BCUT2D eigenvalue weighted by Crippen LogP contribution is 2.36. The highest BCUT2D eigenvalue weighted by molar-refractivity contribution is 5.99. The average molecular weight is 380 g/mol. The fourth-order valence-electron chi connectivity index (χ4n) is 4.60. The third-order valence-corrected chi connectivity index (χ3v) is 6.42. The van der Waals surface area contributed by atoms with Gasteiger partial charge in [-0.3, -0.25) is 9.69 Å². The van der Waals surface area contributed by atoms with E-state index < -0.39 is 0 Å². The van der Waals surface area contributed by atoms with Gasteiger partial charge in [-0.05, 0) is 70.4 Å². The number of Topliss-reactive ketones (excluding diaryl/α,β-unsaturated/α-hetero) is 1. The van der Waals surface area contributed by atoms with E-state index in [1.807, 2.05) is 32.0 Å². The molecular weight excluding hydrogens is 350 g/mol. The summed E-state index contributed by atoms with van der Waals surface area (Å²) >= 11 is 0. The Morgan fingerprint density at radius 3 is 2.57 bits per heavy atom. The number of aliphatic hydroxyl groups is 1. The number of ketones is 1. The minimum atomic E-state index is -0.284. The second kappa shape index (κ2) is 7.90. The van der Waals surface area contributed by atoms with Crippen molar-refractivity contribution < 1.29 is 9.90 Å². The fraction of sp³-hybridized carbons (Fsp3) is 0.478. The smallest absolute Gasteiger partial charge is 0.178 e. The predicted octanol–water partition coefficient (Wildman–Crippen LogP) is 3.77. The number of nitriles is 1. The van der Waals surface area contributed by atoms with Crippen molar-refractivity contribution in [2.75, 3.05) is 13.2 Å². The minimum Gasteiger partial charge on any atom is -0.394 e. The summed E-state index contributed by atoms with van der Waals surface area (Å²) in [6.07, 6.45) is 2.77. The number of carbonyl (C=O) groups is 1. The van der Waals surface area contributed by atoms with Crippen LogP contribution in [0.15, 0.2) is 30.3 Å². The van der Waals surface area contributed by atoms with Gasteiger partial charge in [-0.2, -0.15) is 5.26 Å². The molecule has 1 aromatic carbocycles. The molecule has 2 atom stereocenters. The topological polar surface area (TPSA) is 69.3 Å². The largest absolute Gasteiger partial charge is 0.394 e. The zero-order chi connectivity index (χ0) is 20.5. The lowest BCUT2D eigenvalue weighted by Crippen LogP contribution is -2.51. The lowest BCUT2D eigenvalue weighted by molar-refractivity contribution is 0.0394. The number of hydrogen-bond acceptors (Lipinski definition) is 4. The van der Waals surface area contributed by atoms with E-state index in [0.717, 1.165) is 41.9 Å². The van der Waals surface area contributed by atoms with Gasteiger partial charge < -0.3 is 9.67 Å². The third kappa shape index (κ3) is 3.39. The summed E-state index contributed by atoms with van der Waals surface area (Å²) in [5.41, 5.74) is 3.90. The Hall–Kier alpha value is -2.42. The van der Waals surface area contributed by atoms with Crippen LogP contribution in [-0.2, 0) is 0 Å². The van der Waals surface area contributed by atoms with Gasteiger partial charge in [0, 0.05) is 34.2 Å². The van der Waals surface area contributed by atoms with Gasteiger partial charge in [-0.15, -0.1) is 0 Å². The number of rotatable bonds is 6. The van der Waals surface area contributed by atoms with E-state index in [0.29, 0.717) is 12.1 Å². The van der Waals surface area contributed by atoms with Crippen molar-refractivity contribution in [2.24, 2.45) is 0 Å². The lowest BCUT2D eigenvalue weighted by Gasteiger charge is -2.38. The summed E-state index contributed by atoms with van der Waals surface area (Å²) in [5.74, 6) is 0.0908. The van der Waals surface area contributed by atoms with E-state index in [1.165, 1.54) is 0 Å². The second-order valence-electron chi connectivity index (χ2n) is 7.95. The van der Waals surface area contributed by atoms with Gasteiger partial charge in [0.2, 0.25) is 0 Å². The Labute approximate surface area is 167 Å². The molecule has 0 aliphatic carbocycles. The Morgan fingerprint density at radius 1 is 1.32 bits per heavy atom. The molecule has 1 aromatic heterocycles. The molecule has 2 unspecified atom stereocenters. The molecule has 0 spiro atoms.